The summed E-state index contributed by atoms with van der Waals surface area (Å²) in [6.07, 6.45) is 1.32. The summed E-state index contributed by atoms with van der Waals surface area (Å²) < 4.78 is 33.7. The summed E-state index contributed by atoms with van der Waals surface area (Å²) in [7, 11) is -3.46. The molecule has 146 valence electrons. The summed E-state index contributed by atoms with van der Waals surface area (Å²) in [6, 6.07) is 14.7. The van der Waals surface area contributed by atoms with E-state index in [-0.39, 0.29) is 5.92 Å². The summed E-state index contributed by atoms with van der Waals surface area (Å²) in [5.74, 6) is 1.20. The van der Waals surface area contributed by atoms with Crippen LogP contribution in [0, 0.1) is 6.92 Å². The molecule has 0 spiro atoms. The molecule has 0 saturated carbocycles. The fourth-order valence-electron chi connectivity index (χ4n) is 3.32. The number of hydrogen-bond donors (Lipinski definition) is 0. The zero-order chi connectivity index (χ0) is 19.7. The fourth-order valence-corrected chi connectivity index (χ4v) is 5.05. The quantitative estimate of drug-likeness (QED) is 0.576. The molecular formula is C20H20BrN3O3S. The Morgan fingerprint density at radius 1 is 1.04 bits per heavy atom. The predicted octanol–water partition coefficient (Wildman–Crippen LogP) is 4.38. The molecule has 0 amide bonds. The average molecular weight is 462 g/mol. The Morgan fingerprint density at radius 2 is 1.68 bits per heavy atom. The molecule has 1 aliphatic rings. The largest absolute Gasteiger partial charge is 0.339 e. The van der Waals surface area contributed by atoms with E-state index in [1.54, 1.807) is 16.4 Å². The summed E-state index contributed by atoms with van der Waals surface area (Å²) in [4.78, 5) is 4.87. The van der Waals surface area contributed by atoms with Gasteiger partial charge in [-0.15, -0.1) is 0 Å². The topological polar surface area (TPSA) is 76.3 Å². The molecule has 1 aliphatic heterocycles. The van der Waals surface area contributed by atoms with Gasteiger partial charge < -0.3 is 4.52 Å². The lowest BCUT2D eigenvalue weighted by Crippen LogP contribution is -2.37. The van der Waals surface area contributed by atoms with Gasteiger partial charge in [0.1, 0.15) is 0 Å². The van der Waals surface area contributed by atoms with Crippen molar-refractivity contribution in [1.29, 1.82) is 0 Å². The first-order valence-electron chi connectivity index (χ1n) is 9.10. The highest BCUT2D eigenvalue weighted by Gasteiger charge is 2.32. The van der Waals surface area contributed by atoms with Crippen LogP contribution < -0.4 is 0 Å². The first kappa shape index (κ1) is 19.3. The molecule has 2 aromatic carbocycles. The van der Waals surface area contributed by atoms with Crippen molar-refractivity contribution in [2.75, 3.05) is 13.1 Å². The van der Waals surface area contributed by atoms with Crippen molar-refractivity contribution >= 4 is 26.0 Å². The molecule has 1 saturated heterocycles. The van der Waals surface area contributed by atoms with Gasteiger partial charge in [-0.1, -0.05) is 38.8 Å². The van der Waals surface area contributed by atoms with E-state index in [2.05, 4.69) is 26.1 Å². The van der Waals surface area contributed by atoms with Crippen molar-refractivity contribution in [3.63, 3.8) is 0 Å². The number of nitrogens with zero attached hydrogens (tertiary/aromatic N) is 3. The Labute approximate surface area is 172 Å². The van der Waals surface area contributed by atoms with E-state index in [4.69, 9.17) is 4.52 Å². The molecule has 0 N–H and O–H groups in total. The maximum Gasteiger partial charge on any atom is 0.243 e. The van der Waals surface area contributed by atoms with Crippen LogP contribution in [0.3, 0.4) is 0 Å². The first-order valence-corrected chi connectivity index (χ1v) is 11.3. The molecule has 8 heteroatoms. The van der Waals surface area contributed by atoms with E-state index < -0.39 is 10.0 Å². The van der Waals surface area contributed by atoms with Gasteiger partial charge in [0.15, 0.2) is 0 Å². The van der Waals surface area contributed by atoms with E-state index >= 15 is 0 Å². The van der Waals surface area contributed by atoms with Gasteiger partial charge in [-0.05, 0) is 56.2 Å². The number of piperidine rings is 1. The summed E-state index contributed by atoms with van der Waals surface area (Å²) in [5, 5.41) is 4.08. The van der Waals surface area contributed by atoms with Crippen LogP contribution in [0.5, 0.6) is 0 Å². The number of sulfonamides is 1. The van der Waals surface area contributed by atoms with E-state index in [9.17, 15) is 8.42 Å². The molecule has 6 nitrogen and oxygen atoms in total. The Morgan fingerprint density at radius 3 is 2.32 bits per heavy atom. The third kappa shape index (κ3) is 3.90. The van der Waals surface area contributed by atoms with Gasteiger partial charge in [-0.25, -0.2) is 8.42 Å². The fraction of sp³-hybridized carbons (Fsp3) is 0.300. The second-order valence-corrected chi connectivity index (χ2v) is 9.81. The van der Waals surface area contributed by atoms with Crippen LogP contribution in [-0.4, -0.2) is 36.0 Å². The van der Waals surface area contributed by atoms with Crippen LogP contribution in [-0.2, 0) is 10.0 Å². The van der Waals surface area contributed by atoms with Crippen LogP contribution in [0.25, 0.3) is 11.4 Å². The molecule has 1 fully saturated rings. The number of benzene rings is 2. The van der Waals surface area contributed by atoms with Crippen LogP contribution in [0.15, 0.2) is 62.4 Å². The molecule has 0 bridgehead atoms. The van der Waals surface area contributed by atoms with Gasteiger partial charge in [0, 0.05) is 29.0 Å². The number of hydrogen-bond acceptors (Lipinski definition) is 5. The Balaban J connectivity index is 1.44. The zero-order valence-corrected chi connectivity index (χ0v) is 17.8. The lowest BCUT2D eigenvalue weighted by atomic mass is 9.98. The van der Waals surface area contributed by atoms with Crippen molar-refractivity contribution in [3.8, 4) is 11.4 Å². The lowest BCUT2D eigenvalue weighted by Gasteiger charge is -2.29. The molecule has 3 aromatic rings. The highest BCUT2D eigenvalue weighted by molar-refractivity contribution is 9.10. The Bertz CT molecular complexity index is 1050. The molecular weight excluding hydrogens is 442 g/mol. The second kappa shape index (κ2) is 7.77. The molecule has 0 atom stereocenters. The van der Waals surface area contributed by atoms with Crippen molar-refractivity contribution < 1.29 is 12.9 Å². The number of halogens is 1. The predicted molar refractivity (Wildman–Crippen MR) is 109 cm³/mol. The molecule has 0 unspecified atom stereocenters. The van der Waals surface area contributed by atoms with Crippen LogP contribution in [0.1, 0.15) is 30.2 Å². The van der Waals surface area contributed by atoms with Gasteiger partial charge in [0.2, 0.25) is 21.7 Å². The van der Waals surface area contributed by atoms with Crippen LogP contribution >= 0.6 is 15.9 Å². The third-order valence-corrected chi connectivity index (χ3v) is 7.45. The van der Waals surface area contributed by atoms with Crippen LogP contribution in [0.4, 0.5) is 0 Å². The van der Waals surface area contributed by atoms with E-state index in [1.165, 1.54) is 0 Å². The van der Waals surface area contributed by atoms with Gasteiger partial charge in [-0.2, -0.15) is 9.29 Å². The standard InChI is InChI=1S/C20H20BrN3O3S/c1-14-2-8-18(9-3-14)28(25,26)24-12-10-16(11-13-24)20-22-19(23-27-20)15-4-6-17(21)7-5-15/h2-9,16H,10-13H2,1H3. The van der Waals surface area contributed by atoms with Gasteiger partial charge in [0.25, 0.3) is 0 Å². The molecule has 1 aromatic heterocycles. The molecule has 4 rings (SSSR count). The maximum atomic E-state index is 12.8. The summed E-state index contributed by atoms with van der Waals surface area (Å²) in [6.45, 7) is 2.82. The molecule has 28 heavy (non-hydrogen) atoms. The normalized spacial score (nSPS) is 16.4. The van der Waals surface area contributed by atoms with Crippen LogP contribution in [0.2, 0.25) is 0 Å². The van der Waals surface area contributed by atoms with E-state index in [0.29, 0.717) is 42.5 Å². The van der Waals surface area contributed by atoms with Crippen molar-refractivity contribution in [3.05, 3.63) is 64.5 Å². The summed E-state index contributed by atoms with van der Waals surface area (Å²) in [5.41, 5.74) is 1.92. The van der Waals surface area contributed by atoms with E-state index in [0.717, 1.165) is 15.6 Å². The van der Waals surface area contributed by atoms with E-state index in [1.807, 2.05) is 43.3 Å². The third-order valence-electron chi connectivity index (χ3n) is 5.01. The van der Waals surface area contributed by atoms with Gasteiger partial charge in [-0.3, -0.25) is 0 Å². The van der Waals surface area contributed by atoms with Gasteiger partial charge >= 0.3 is 0 Å². The first-order chi connectivity index (χ1) is 13.4. The maximum absolute atomic E-state index is 12.8. The molecule has 0 aliphatic carbocycles. The highest BCUT2D eigenvalue weighted by atomic mass is 79.9. The SMILES string of the molecule is Cc1ccc(S(=O)(=O)N2CCC(c3nc(-c4ccc(Br)cc4)no3)CC2)cc1. The van der Waals surface area contributed by atoms with Crippen molar-refractivity contribution in [2.24, 2.45) is 0 Å². The minimum Gasteiger partial charge on any atom is -0.339 e. The monoisotopic (exact) mass is 461 g/mol. The Hall–Kier alpha value is -2.03. The minimum absolute atomic E-state index is 0.0705. The van der Waals surface area contributed by atoms with Gasteiger partial charge in [0.05, 0.1) is 4.90 Å². The highest BCUT2D eigenvalue weighted by Crippen LogP contribution is 2.31. The average Bonchev–Trinajstić information content (AvgIpc) is 3.19. The lowest BCUT2D eigenvalue weighted by molar-refractivity contribution is 0.271. The number of rotatable bonds is 4. The van der Waals surface area contributed by atoms with Crippen molar-refractivity contribution in [2.45, 2.75) is 30.6 Å². The second-order valence-electron chi connectivity index (χ2n) is 6.95. The van der Waals surface area contributed by atoms with Crippen molar-refractivity contribution in [1.82, 2.24) is 14.4 Å². The number of aromatic nitrogens is 2. The minimum atomic E-state index is -3.46. The molecule has 0 radical (unpaired) electrons. The smallest absolute Gasteiger partial charge is 0.243 e. The molecule has 2 heterocycles. The number of aryl methyl sites for hydroxylation is 1. The Kier molecular flexibility index (Phi) is 5.35. The zero-order valence-electron chi connectivity index (χ0n) is 15.4. The summed E-state index contributed by atoms with van der Waals surface area (Å²) >= 11 is 3.41.